The molecule has 0 unspecified atom stereocenters. The van der Waals surface area contributed by atoms with Gasteiger partial charge in [-0.15, -0.1) is 10.2 Å². The zero-order valence-electron chi connectivity index (χ0n) is 13.8. The van der Waals surface area contributed by atoms with E-state index in [4.69, 9.17) is 10.6 Å². The van der Waals surface area contributed by atoms with E-state index in [1.165, 1.54) is 17.5 Å². The maximum absolute atomic E-state index is 11.4. The molecular formula is C16H16N6O3S. The molecule has 0 atom stereocenters. The Morgan fingerprint density at radius 1 is 1.12 bits per heavy atom. The van der Waals surface area contributed by atoms with Gasteiger partial charge in [0, 0.05) is 12.4 Å². The zero-order chi connectivity index (χ0) is 18.8. The Morgan fingerprint density at radius 3 is 2.42 bits per heavy atom. The Balaban J connectivity index is 0.000000209. The first kappa shape index (κ1) is 19.1. The van der Waals surface area contributed by atoms with E-state index in [0.717, 1.165) is 0 Å². The van der Waals surface area contributed by atoms with Crippen molar-refractivity contribution in [3.63, 3.8) is 0 Å². The Bertz CT molecular complexity index is 841. The highest BCUT2D eigenvalue weighted by atomic mass is 32.1. The number of carbonyl (C=O) groups excluding carboxylic acids is 2. The lowest BCUT2D eigenvalue weighted by molar-refractivity contribution is 0.0525. The van der Waals surface area contributed by atoms with Gasteiger partial charge in [0.2, 0.25) is 5.01 Å². The predicted molar refractivity (Wildman–Crippen MR) is 95.0 cm³/mol. The Hall–Kier alpha value is -3.24. The van der Waals surface area contributed by atoms with E-state index in [-0.39, 0.29) is 10.9 Å². The van der Waals surface area contributed by atoms with Gasteiger partial charge in [-0.1, -0.05) is 23.5 Å². The maximum atomic E-state index is 11.4. The van der Waals surface area contributed by atoms with Crippen LogP contribution in [-0.4, -0.2) is 38.6 Å². The summed E-state index contributed by atoms with van der Waals surface area (Å²) in [5, 5.41) is 8.53. The number of nitrogen functional groups attached to an aromatic ring is 1. The van der Waals surface area contributed by atoms with Crippen LogP contribution in [0.2, 0.25) is 0 Å². The van der Waals surface area contributed by atoms with Crippen LogP contribution in [0.25, 0.3) is 10.7 Å². The van der Waals surface area contributed by atoms with Crippen LogP contribution in [0, 0.1) is 0 Å². The topological polar surface area (TPSA) is 133 Å². The first-order valence-electron chi connectivity index (χ1n) is 7.49. The number of hydrogen-bond donors (Lipinski definition) is 2. The molecule has 3 N–H and O–H groups in total. The van der Waals surface area contributed by atoms with Crippen LogP contribution in [0.15, 0.2) is 48.8 Å². The molecule has 0 spiro atoms. The first-order valence-corrected chi connectivity index (χ1v) is 8.31. The molecule has 0 aliphatic carbocycles. The summed E-state index contributed by atoms with van der Waals surface area (Å²) in [7, 11) is 0. The molecule has 0 aliphatic rings. The summed E-state index contributed by atoms with van der Waals surface area (Å²) in [4.78, 5) is 30.0. The van der Waals surface area contributed by atoms with Crippen LogP contribution in [0.4, 0.5) is 0 Å². The number of hydrazine groups is 1. The molecular weight excluding hydrogens is 356 g/mol. The number of nitrogens with one attached hydrogen (secondary N) is 1. The van der Waals surface area contributed by atoms with Crippen molar-refractivity contribution in [1.29, 1.82) is 0 Å². The van der Waals surface area contributed by atoms with Gasteiger partial charge in [-0.3, -0.25) is 20.2 Å². The predicted octanol–water partition coefficient (Wildman–Crippen LogP) is 1.46. The van der Waals surface area contributed by atoms with Gasteiger partial charge < -0.3 is 4.74 Å². The molecule has 0 radical (unpaired) electrons. The van der Waals surface area contributed by atoms with Crippen molar-refractivity contribution >= 4 is 23.2 Å². The van der Waals surface area contributed by atoms with Crippen LogP contribution < -0.4 is 11.3 Å². The van der Waals surface area contributed by atoms with Crippen molar-refractivity contribution in [2.24, 2.45) is 5.84 Å². The quantitative estimate of drug-likeness (QED) is 0.304. The summed E-state index contributed by atoms with van der Waals surface area (Å²) in [5.41, 5.74) is 3.01. The number of amides is 1. The molecule has 3 aromatic heterocycles. The molecule has 134 valence electrons. The van der Waals surface area contributed by atoms with Gasteiger partial charge in [-0.25, -0.2) is 10.6 Å². The van der Waals surface area contributed by atoms with Crippen LogP contribution in [-0.2, 0) is 4.74 Å². The van der Waals surface area contributed by atoms with Crippen LogP contribution in [0.1, 0.15) is 27.2 Å². The molecule has 1 amide bonds. The Kier molecular flexibility index (Phi) is 7.28. The average Bonchev–Trinajstić information content (AvgIpc) is 3.20. The van der Waals surface area contributed by atoms with Gasteiger partial charge in [0.05, 0.1) is 6.61 Å². The lowest BCUT2D eigenvalue weighted by Crippen LogP contribution is -2.30. The molecule has 3 heterocycles. The molecule has 0 saturated carbocycles. The van der Waals surface area contributed by atoms with E-state index in [2.05, 4.69) is 20.2 Å². The molecule has 10 heteroatoms. The van der Waals surface area contributed by atoms with E-state index >= 15 is 0 Å². The highest BCUT2D eigenvalue weighted by molar-refractivity contribution is 7.16. The Labute approximate surface area is 153 Å². The number of pyridine rings is 2. The largest absolute Gasteiger partial charge is 0.461 e. The van der Waals surface area contributed by atoms with Crippen molar-refractivity contribution in [1.82, 2.24) is 25.6 Å². The lowest BCUT2D eigenvalue weighted by atomic mass is 10.3. The molecule has 0 bridgehead atoms. The summed E-state index contributed by atoms with van der Waals surface area (Å²) in [6, 6.07) is 10.5. The fourth-order valence-electron chi connectivity index (χ4n) is 1.66. The third kappa shape index (κ3) is 5.40. The monoisotopic (exact) mass is 372 g/mol. The third-order valence-electron chi connectivity index (χ3n) is 2.79. The van der Waals surface area contributed by atoms with Crippen LogP contribution in [0.5, 0.6) is 0 Å². The molecule has 0 aliphatic heterocycles. The first-order chi connectivity index (χ1) is 12.7. The number of nitrogens with zero attached hydrogens (tertiary/aromatic N) is 4. The van der Waals surface area contributed by atoms with Crippen molar-refractivity contribution in [3.8, 4) is 10.7 Å². The van der Waals surface area contributed by atoms with Gasteiger partial charge in [-0.2, -0.15) is 0 Å². The smallest absolute Gasteiger partial charge is 0.369 e. The van der Waals surface area contributed by atoms with Gasteiger partial charge in [-0.05, 0) is 31.2 Å². The Morgan fingerprint density at radius 2 is 1.85 bits per heavy atom. The van der Waals surface area contributed by atoms with Crippen molar-refractivity contribution in [3.05, 3.63) is 59.5 Å². The number of hydrogen-bond acceptors (Lipinski definition) is 9. The molecule has 0 fully saturated rings. The van der Waals surface area contributed by atoms with E-state index in [0.29, 0.717) is 23.0 Å². The fourth-order valence-corrected chi connectivity index (χ4v) is 2.38. The number of aromatic nitrogens is 4. The van der Waals surface area contributed by atoms with Crippen molar-refractivity contribution in [2.45, 2.75) is 6.92 Å². The fraction of sp³-hybridized carbons (Fsp3) is 0.125. The second-order valence-corrected chi connectivity index (χ2v) is 5.51. The van der Waals surface area contributed by atoms with Crippen LogP contribution in [0.3, 0.4) is 0 Å². The van der Waals surface area contributed by atoms with E-state index in [1.807, 2.05) is 23.6 Å². The summed E-state index contributed by atoms with van der Waals surface area (Å²) in [6.07, 6.45) is 3.20. The molecule has 0 aromatic carbocycles. The van der Waals surface area contributed by atoms with Crippen LogP contribution >= 0.6 is 11.3 Å². The summed E-state index contributed by atoms with van der Waals surface area (Å²) < 4.78 is 4.83. The normalized spacial score (nSPS) is 9.62. The number of rotatable bonds is 4. The minimum atomic E-state index is -0.442. The van der Waals surface area contributed by atoms with E-state index in [9.17, 15) is 9.59 Å². The summed E-state index contributed by atoms with van der Waals surface area (Å²) in [5.74, 6) is 4.05. The van der Waals surface area contributed by atoms with Gasteiger partial charge in [0.15, 0.2) is 5.01 Å². The average molecular weight is 372 g/mol. The summed E-state index contributed by atoms with van der Waals surface area (Å²) >= 11 is 1.17. The van der Waals surface area contributed by atoms with Gasteiger partial charge >= 0.3 is 5.97 Å². The van der Waals surface area contributed by atoms with Gasteiger partial charge in [0.25, 0.3) is 5.91 Å². The second-order valence-electron chi connectivity index (χ2n) is 4.54. The molecule has 9 nitrogen and oxygen atoms in total. The second kappa shape index (κ2) is 9.91. The summed E-state index contributed by atoms with van der Waals surface area (Å²) in [6.45, 7) is 2.08. The zero-order valence-corrected chi connectivity index (χ0v) is 14.6. The van der Waals surface area contributed by atoms with E-state index in [1.54, 1.807) is 31.3 Å². The third-order valence-corrected chi connectivity index (χ3v) is 3.71. The SMILES string of the molecule is CCOC(=O)c1nnc(-c2ccccn2)s1.NNC(=O)c1ccccn1. The van der Waals surface area contributed by atoms with E-state index < -0.39 is 5.97 Å². The minimum Gasteiger partial charge on any atom is -0.461 e. The van der Waals surface area contributed by atoms with Crippen molar-refractivity contribution in [2.75, 3.05) is 6.61 Å². The number of esters is 1. The number of ether oxygens (including phenoxy) is 1. The highest BCUT2D eigenvalue weighted by Gasteiger charge is 2.14. The molecule has 26 heavy (non-hydrogen) atoms. The minimum absolute atomic E-state index is 0.252. The highest BCUT2D eigenvalue weighted by Crippen LogP contribution is 2.21. The molecule has 3 rings (SSSR count). The lowest BCUT2D eigenvalue weighted by Gasteiger charge is -1.94. The standard InChI is InChI=1S/C10H9N3O2S.C6H7N3O/c1-2-15-10(14)9-13-12-8(16-9)7-5-3-4-6-11-7;7-9-6(10)5-3-1-2-4-8-5/h3-6H,2H2,1H3;1-4H,7H2,(H,9,10). The van der Waals surface area contributed by atoms with Crippen molar-refractivity contribution < 1.29 is 14.3 Å². The molecule has 3 aromatic rings. The number of nitrogens with two attached hydrogens (primary N) is 1. The van der Waals surface area contributed by atoms with Gasteiger partial charge in [0.1, 0.15) is 11.4 Å². The molecule has 0 saturated heterocycles. The number of carbonyl (C=O) groups is 2. The maximum Gasteiger partial charge on any atom is 0.369 e.